The lowest BCUT2D eigenvalue weighted by molar-refractivity contribution is 0.589. The van der Waals surface area contributed by atoms with Crippen molar-refractivity contribution < 1.29 is 0 Å². The van der Waals surface area contributed by atoms with E-state index in [9.17, 15) is 0 Å². The van der Waals surface area contributed by atoms with E-state index in [2.05, 4.69) is 69.7 Å². The van der Waals surface area contributed by atoms with Crippen LogP contribution in [-0.2, 0) is 0 Å². The van der Waals surface area contributed by atoms with Crippen LogP contribution in [0.5, 0.6) is 0 Å². The van der Waals surface area contributed by atoms with Crippen LogP contribution in [0.15, 0.2) is 39.3 Å². The molecule has 3 heteroatoms. The van der Waals surface area contributed by atoms with E-state index in [1.807, 2.05) is 6.07 Å². The molecule has 0 spiro atoms. The monoisotopic (exact) mass is 345 g/mol. The molecule has 0 bridgehead atoms. The Kier molecular flexibility index (Phi) is 5.73. The van der Waals surface area contributed by atoms with Gasteiger partial charge in [0, 0.05) is 8.95 Å². The zero-order chi connectivity index (χ0) is 12.1. The fourth-order valence-corrected chi connectivity index (χ4v) is 2.43. The first kappa shape index (κ1) is 13.9. The molecule has 1 nitrogen and oxygen atoms in total. The van der Waals surface area contributed by atoms with Crippen molar-refractivity contribution in [3.8, 4) is 0 Å². The van der Waals surface area contributed by atoms with Gasteiger partial charge >= 0.3 is 0 Å². The van der Waals surface area contributed by atoms with Crippen molar-refractivity contribution >= 4 is 31.9 Å². The molecule has 0 aliphatic heterocycles. The molecule has 16 heavy (non-hydrogen) atoms. The standard InChI is InChI=1S/C13H17Br2N/c1-4-7-16-13(9(2)3)11-8-10(14)5-6-12(11)15/h5-6,8,13,16H,2,4,7H2,1,3H3. The van der Waals surface area contributed by atoms with Gasteiger partial charge in [-0.15, -0.1) is 0 Å². The van der Waals surface area contributed by atoms with E-state index in [1.54, 1.807) is 0 Å². The van der Waals surface area contributed by atoms with Gasteiger partial charge < -0.3 is 5.32 Å². The maximum Gasteiger partial charge on any atom is 0.0542 e. The summed E-state index contributed by atoms with van der Waals surface area (Å²) < 4.78 is 2.21. The van der Waals surface area contributed by atoms with Gasteiger partial charge in [-0.05, 0) is 43.7 Å². The van der Waals surface area contributed by atoms with E-state index >= 15 is 0 Å². The smallest absolute Gasteiger partial charge is 0.0542 e. The summed E-state index contributed by atoms with van der Waals surface area (Å²) in [5, 5.41) is 3.50. The molecule has 0 saturated carbocycles. The van der Waals surface area contributed by atoms with Crippen molar-refractivity contribution in [2.75, 3.05) is 6.54 Å². The molecule has 0 aliphatic rings. The quantitative estimate of drug-likeness (QED) is 0.753. The van der Waals surface area contributed by atoms with E-state index in [-0.39, 0.29) is 6.04 Å². The molecule has 1 atom stereocenters. The van der Waals surface area contributed by atoms with Crippen LogP contribution in [0.4, 0.5) is 0 Å². The molecule has 0 heterocycles. The molecule has 1 aromatic rings. The van der Waals surface area contributed by atoms with Gasteiger partial charge in [0.2, 0.25) is 0 Å². The molecule has 0 fully saturated rings. The Bertz CT molecular complexity index is 374. The number of hydrogen-bond donors (Lipinski definition) is 1. The summed E-state index contributed by atoms with van der Waals surface area (Å²) in [4.78, 5) is 0. The Morgan fingerprint density at radius 3 is 2.69 bits per heavy atom. The molecule has 0 aromatic heterocycles. The lowest BCUT2D eigenvalue weighted by atomic mass is 10.0. The fourth-order valence-electron chi connectivity index (χ4n) is 1.57. The topological polar surface area (TPSA) is 12.0 Å². The number of halogens is 2. The molecular formula is C13H17Br2N. The van der Waals surface area contributed by atoms with Gasteiger partial charge in [0.15, 0.2) is 0 Å². The summed E-state index contributed by atoms with van der Waals surface area (Å²) in [6.07, 6.45) is 1.12. The first-order valence-corrected chi connectivity index (χ1v) is 6.98. The van der Waals surface area contributed by atoms with Crippen molar-refractivity contribution in [1.29, 1.82) is 0 Å². The number of rotatable bonds is 5. The van der Waals surface area contributed by atoms with E-state index in [0.29, 0.717) is 0 Å². The van der Waals surface area contributed by atoms with Gasteiger partial charge in [-0.1, -0.05) is 50.9 Å². The molecule has 1 N–H and O–H groups in total. The van der Waals surface area contributed by atoms with Crippen molar-refractivity contribution in [3.05, 3.63) is 44.9 Å². The fraction of sp³-hybridized carbons (Fsp3) is 0.385. The van der Waals surface area contributed by atoms with Crippen LogP contribution in [-0.4, -0.2) is 6.54 Å². The first-order valence-electron chi connectivity index (χ1n) is 5.40. The van der Waals surface area contributed by atoms with E-state index in [0.717, 1.165) is 27.5 Å². The molecule has 1 rings (SSSR count). The van der Waals surface area contributed by atoms with Crippen LogP contribution in [0, 0.1) is 0 Å². The number of benzene rings is 1. The summed E-state index contributed by atoms with van der Waals surface area (Å²) >= 11 is 7.09. The van der Waals surface area contributed by atoms with Crippen LogP contribution in [0.3, 0.4) is 0 Å². The Hall–Kier alpha value is -0.120. The highest BCUT2D eigenvalue weighted by Gasteiger charge is 2.14. The van der Waals surface area contributed by atoms with Crippen LogP contribution in [0.1, 0.15) is 31.9 Å². The second kappa shape index (κ2) is 6.58. The molecule has 1 unspecified atom stereocenters. The molecule has 0 aliphatic carbocycles. The molecule has 1 aromatic carbocycles. The van der Waals surface area contributed by atoms with Crippen LogP contribution in [0.2, 0.25) is 0 Å². The average molecular weight is 347 g/mol. The highest BCUT2D eigenvalue weighted by Crippen LogP contribution is 2.30. The van der Waals surface area contributed by atoms with E-state index in [4.69, 9.17) is 0 Å². The Balaban J connectivity index is 3.00. The van der Waals surface area contributed by atoms with Crippen LogP contribution in [0.25, 0.3) is 0 Å². The summed E-state index contributed by atoms with van der Waals surface area (Å²) in [7, 11) is 0. The Morgan fingerprint density at radius 2 is 2.12 bits per heavy atom. The van der Waals surface area contributed by atoms with Gasteiger partial charge in [-0.25, -0.2) is 0 Å². The highest BCUT2D eigenvalue weighted by molar-refractivity contribution is 9.11. The molecule has 88 valence electrons. The lowest BCUT2D eigenvalue weighted by Crippen LogP contribution is -2.23. The first-order chi connectivity index (χ1) is 7.56. The summed E-state index contributed by atoms with van der Waals surface area (Å²) in [6, 6.07) is 6.43. The zero-order valence-electron chi connectivity index (χ0n) is 9.69. The second-order valence-corrected chi connectivity index (χ2v) is 5.67. The zero-order valence-corrected chi connectivity index (χ0v) is 12.9. The predicted octanol–water partition coefficient (Wildman–Crippen LogP) is 4.83. The van der Waals surface area contributed by atoms with E-state index in [1.165, 1.54) is 5.56 Å². The van der Waals surface area contributed by atoms with Crippen molar-refractivity contribution in [3.63, 3.8) is 0 Å². The van der Waals surface area contributed by atoms with Gasteiger partial charge in [0.25, 0.3) is 0 Å². The predicted molar refractivity (Wildman–Crippen MR) is 77.7 cm³/mol. The Morgan fingerprint density at radius 1 is 1.44 bits per heavy atom. The third kappa shape index (κ3) is 3.72. The number of hydrogen-bond acceptors (Lipinski definition) is 1. The third-order valence-corrected chi connectivity index (χ3v) is 3.58. The summed E-state index contributed by atoms with van der Waals surface area (Å²) in [6.45, 7) is 9.27. The largest absolute Gasteiger partial charge is 0.307 e. The SMILES string of the molecule is C=C(C)C(NCCC)c1cc(Br)ccc1Br. The van der Waals surface area contributed by atoms with Gasteiger partial charge in [0.05, 0.1) is 6.04 Å². The minimum absolute atomic E-state index is 0.215. The minimum Gasteiger partial charge on any atom is -0.307 e. The molecule has 0 amide bonds. The third-order valence-electron chi connectivity index (χ3n) is 2.36. The van der Waals surface area contributed by atoms with Gasteiger partial charge in [-0.3, -0.25) is 0 Å². The number of nitrogens with one attached hydrogen (secondary N) is 1. The van der Waals surface area contributed by atoms with E-state index < -0.39 is 0 Å². The van der Waals surface area contributed by atoms with Crippen LogP contribution < -0.4 is 5.32 Å². The van der Waals surface area contributed by atoms with Crippen LogP contribution >= 0.6 is 31.9 Å². The minimum atomic E-state index is 0.215. The molecule has 0 radical (unpaired) electrons. The molecule has 0 saturated heterocycles. The van der Waals surface area contributed by atoms with Crippen molar-refractivity contribution in [2.24, 2.45) is 0 Å². The lowest BCUT2D eigenvalue weighted by Gasteiger charge is -2.20. The summed E-state index contributed by atoms with van der Waals surface area (Å²) in [5.74, 6) is 0. The normalized spacial score (nSPS) is 12.5. The maximum atomic E-state index is 4.06. The molecular weight excluding hydrogens is 330 g/mol. The van der Waals surface area contributed by atoms with Gasteiger partial charge in [-0.2, -0.15) is 0 Å². The highest BCUT2D eigenvalue weighted by atomic mass is 79.9. The summed E-state index contributed by atoms with van der Waals surface area (Å²) in [5.41, 5.74) is 2.36. The maximum absolute atomic E-state index is 4.06. The van der Waals surface area contributed by atoms with Gasteiger partial charge in [0.1, 0.15) is 0 Å². The van der Waals surface area contributed by atoms with Crippen molar-refractivity contribution in [2.45, 2.75) is 26.3 Å². The average Bonchev–Trinajstić information content (AvgIpc) is 2.23. The second-order valence-electron chi connectivity index (χ2n) is 3.90. The Labute approximate surface area is 115 Å². The van der Waals surface area contributed by atoms with Crippen molar-refractivity contribution in [1.82, 2.24) is 5.32 Å².